The van der Waals surface area contributed by atoms with Crippen LogP contribution in [0.25, 0.3) is 0 Å². The van der Waals surface area contributed by atoms with Crippen LogP contribution in [0.4, 0.5) is 0 Å². The number of rotatable bonds is 4. The van der Waals surface area contributed by atoms with Crippen LogP contribution in [0.3, 0.4) is 0 Å². The fourth-order valence-corrected chi connectivity index (χ4v) is 3.29. The van der Waals surface area contributed by atoms with Crippen LogP contribution in [0, 0.1) is 5.92 Å². The lowest BCUT2D eigenvalue weighted by Crippen LogP contribution is -2.45. The van der Waals surface area contributed by atoms with Gasteiger partial charge < -0.3 is 10.4 Å². The molecule has 3 nitrogen and oxygen atoms in total. The first-order chi connectivity index (χ1) is 9.24. The third-order valence-corrected chi connectivity index (χ3v) is 4.84. The summed E-state index contributed by atoms with van der Waals surface area (Å²) < 4.78 is 0.806. The van der Waals surface area contributed by atoms with Gasteiger partial charge in [0.25, 0.3) is 0 Å². The molecule has 21 heavy (non-hydrogen) atoms. The van der Waals surface area contributed by atoms with Crippen molar-refractivity contribution in [3.63, 3.8) is 0 Å². The Kier molecular flexibility index (Phi) is 7.79. The number of phenols is 1. The fourth-order valence-electron chi connectivity index (χ4n) is 2.89. The minimum absolute atomic E-state index is 0. The number of hydrogen-bond donors (Lipinski definition) is 2. The van der Waals surface area contributed by atoms with E-state index < -0.39 is 0 Å². The first-order valence-electron chi connectivity index (χ1n) is 7.17. The maximum atomic E-state index is 9.66. The summed E-state index contributed by atoms with van der Waals surface area (Å²) in [6.45, 7) is 4.41. The summed E-state index contributed by atoms with van der Waals surface area (Å²) in [7, 11) is 0. The second-order valence-electron chi connectivity index (χ2n) is 5.69. The molecule has 1 saturated heterocycles. The number of phenolic OH excluding ortho intramolecular Hbond substituents is 1. The van der Waals surface area contributed by atoms with Gasteiger partial charge in [-0.15, -0.1) is 24.8 Å². The van der Waals surface area contributed by atoms with E-state index in [9.17, 15) is 5.11 Å². The number of halogens is 3. The van der Waals surface area contributed by atoms with E-state index in [1.807, 2.05) is 6.07 Å². The van der Waals surface area contributed by atoms with Crippen LogP contribution in [-0.4, -0.2) is 36.2 Å². The van der Waals surface area contributed by atoms with Crippen molar-refractivity contribution in [2.45, 2.75) is 25.3 Å². The number of aromatic hydroxyl groups is 1. The molecule has 0 spiro atoms. The monoisotopic (exact) mass is 396 g/mol. The van der Waals surface area contributed by atoms with E-state index in [2.05, 4.69) is 38.3 Å². The largest absolute Gasteiger partial charge is 0.507 e. The molecule has 0 amide bonds. The Labute approximate surface area is 147 Å². The van der Waals surface area contributed by atoms with Crippen molar-refractivity contribution >= 4 is 40.7 Å². The first-order valence-corrected chi connectivity index (χ1v) is 7.96. The highest BCUT2D eigenvalue weighted by molar-refractivity contribution is 9.10. The molecule has 1 aromatic rings. The van der Waals surface area contributed by atoms with Crippen LogP contribution in [0.5, 0.6) is 5.75 Å². The maximum absolute atomic E-state index is 9.66. The predicted molar refractivity (Wildman–Crippen MR) is 94.8 cm³/mol. The quantitative estimate of drug-likeness (QED) is 0.812. The zero-order chi connectivity index (χ0) is 13.2. The zero-order valence-electron chi connectivity index (χ0n) is 11.9. The van der Waals surface area contributed by atoms with Gasteiger partial charge in [-0.05, 0) is 46.0 Å². The summed E-state index contributed by atoms with van der Waals surface area (Å²) in [6.07, 6.45) is 4.04. The molecule has 1 aliphatic carbocycles. The van der Waals surface area contributed by atoms with Gasteiger partial charge in [-0.2, -0.15) is 0 Å². The van der Waals surface area contributed by atoms with Gasteiger partial charge in [0.15, 0.2) is 0 Å². The molecule has 0 unspecified atom stereocenters. The van der Waals surface area contributed by atoms with Crippen LogP contribution in [0.15, 0.2) is 22.7 Å². The third-order valence-electron chi connectivity index (χ3n) is 4.20. The Morgan fingerprint density at radius 1 is 1.24 bits per heavy atom. The summed E-state index contributed by atoms with van der Waals surface area (Å²) in [6, 6.07) is 6.48. The van der Waals surface area contributed by atoms with Gasteiger partial charge in [0.05, 0.1) is 4.47 Å². The second kappa shape index (κ2) is 8.59. The van der Waals surface area contributed by atoms with E-state index in [4.69, 9.17) is 0 Å². The molecule has 1 aliphatic heterocycles. The van der Waals surface area contributed by atoms with Gasteiger partial charge in [-0.1, -0.05) is 18.9 Å². The van der Waals surface area contributed by atoms with Crippen LogP contribution >= 0.6 is 40.7 Å². The molecule has 1 aromatic carbocycles. The molecule has 1 heterocycles. The van der Waals surface area contributed by atoms with Crippen molar-refractivity contribution < 1.29 is 5.11 Å². The molecule has 2 N–H and O–H groups in total. The van der Waals surface area contributed by atoms with Crippen molar-refractivity contribution in [3.8, 4) is 5.75 Å². The highest BCUT2D eigenvalue weighted by Crippen LogP contribution is 2.41. The summed E-state index contributed by atoms with van der Waals surface area (Å²) in [4.78, 5) is 2.59. The minimum Gasteiger partial charge on any atom is -0.507 e. The summed E-state index contributed by atoms with van der Waals surface area (Å²) in [5, 5.41) is 13.1. The van der Waals surface area contributed by atoms with Crippen molar-refractivity contribution in [1.29, 1.82) is 0 Å². The molecule has 1 atom stereocenters. The van der Waals surface area contributed by atoms with Crippen molar-refractivity contribution in [2.24, 2.45) is 5.92 Å². The van der Waals surface area contributed by atoms with Crippen molar-refractivity contribution in [2.75, 3.05) is 26.2 Å². The fraction of sp³-hybridized carbons (Fsp3) is 0.600. The van der Waals surface area contributed by atoms with Gasteiger partial charge >= 0.3 is 0 Å². The Bertz CT molecular complexity index is 451. The van der Waals surface area contributed by atoms with Gasteiger partial charge in [0.1, 0.15) is 5.75 Å². The van der Waals surface area contributed by atoms with E-state index in [1.165, 1.54) is 24.8 Å². The lowest BCUT2D eigenvalue weighted by atomic mass is 9.98. The molecule has 6 heteroatoms. The number of nitrogens with one attached hydrogen (secondary N) is 1. The molecule has 0 bridgehead atoms. The standard InChI is InChI=1S/C15H21BrN2O.2ClH/c16-13-10-12(3-4-15(13)19)14(9-11-1-2-11)18-7-5-17-6-8-18;;/h3-4,10-11,14,17,19H,1-2,5-9H2;2*1H/t14-;;/m1../s1. The maximum Gasteiger partial charge on any atom is 0.129 e. The second-order valence-corrected chi connectivity index (χ2v) is 6.55. The summed E-state index contributed by atoms with van der Waals surface area (Å²) in [5.41, 5.74) is 1.33. The highest BCUT2D eigenvalue weighted by atomic mass is 79.9. The van der Waals surface area contributed by atoms with Crippen molar-refractivity contribution in [1.82, 2.24) is 10.2 Å². The average molecular weight is 398 g/mol. The zero-order valence-corrected chi connectivity index (χ0v) is 15.1. The molecular weight excluding hydrogens is 375 g/mol. The first kappa shape index (κ1) is 19.0. The van der Waals surface area contributed by atoms with E-state index in [1.54, 1.807) is 0 Å². The number of benzene rings is 1. The molecule has 1 saturated carbocycles. The molecular formula is C15H23BrCl2N2O. The molecule has 0 aromatic heterocycles. The average Bonchev–Trinajstić information content (AvgIpc) is 3.24. The highest BCUT2D eigenvalue weighted by Gasteiger charge is 2.30. The Morgan fingerprint density at radius 3 is 2.48 bits per heavy atom. The lowest BCUT2D eigenvalue weighted by molar-refractivity contribution is 0.160. The predicted octanol–water partition coefficient (Wildman–Crippen LogP) is 3.74. The van der Waals surface area contributed by atoms with Crippen LogP contribution in [-0.2, 0) is 0 Å². The van der Waals surface area contributed by atoms with E-state index in [0.717, 1.165) is 36.6 Å². The number of nitrogens with zero attached hydrogens (tertiary/aromatic N) is 1. The van der Waals surface area contributed by atoms with Gasteiger partial charge in [-0.25, -0.2) is 0 Å². The topological polar surface area (TPSA) is 35.5 Å². The van der Waals surface area contributed by atoms with Crippen LogP contribution in [0.1, 0.15) is 30.9 Å². The molecule has 0 radical (unpaired) electrons. The van der Waals surface area contributed by atoms with E-state index in [0.29, 0.717) is 11.8 Å². The smallest absolute Gasteiger partial charge is 0.129 e. The molecule has 2 fully saturated rings. The molecule has 120 valence electrons. The Hall–Kier alpha value is -0.000000000000000111. The van der Waals surface area contributed by atoms with Crippen LogP contribution < -0.4 is 5.32 Å². The number of piperazine rings is 1. The van der Waals surface area contributed by atoms with Crippen LogP contribution in [0.2, 0.25) is 0 Å². The van der Waals surface area contributed by atoms with Crippen molar-refractivity contribution in [3.05, 3.63) is 28.2 Å². The molecule has 2 aliphatic rings. The van der Waals surface area contributed by atoms with Gasteiger partial charge in [0, 0.05) is 32.2 Å². The summed E-state index contributed by atoms with van der Waals surface area (Å²) in [5.74, 6) is 1.24. The van der Waals surface area contributed by atoms with E-state index in [-0.39, 0.29) is 24.8 Å². The SMILES string of the molecule is Cl.Cl.Oc1ccc([C@@H](CC2CC2)N2CCNCC2)cc1Br. The summed E-state index contributed by atoms with van der Waals surface area (Å²) >= 11 is 3.44. The Balaban J connectivity index is 0.00000110. The normalized spacial score (nSPS) is 20.2. The van der Waals surface area contributed by atoms with Gasteiger partial charge in [-0.3, -0.25) is 4.90 Å². The van der Waals surface area contributed by atoms with Gasteiger partial charge in [0.2, 0.25) is 0 Å². The minimum atomic E-state index is 0. The Morgan fingerprint density at radius 2 is 1.90 bits per heavy atom. The molecule has 3 rings (SSSR count). The third kappa shape index (κ3) is 5.00. The van der Waals surface area contributed by atoms with E-state index >= 15 is 0 Å². The number of hydrogen-bond acceptors (Lipinski definition) is 3. The lowest BCUT2D eigenvalue weighted by Gasteiger charge is -2.35.